The highest BCUT2D eigenvalue weighted by Gasteiger charge is 2.23. The predicted molar refractivity (Wildman–Crippen MR) is 81.1 cm³/mol. The Balaban J connectivity index is 2.39. The second kappa shape index (κ2) is 6.56. The van der Waals surface area contributed by atoms with Crippen LogP contribution in [0.5, 0.6) is 0 Å². The lowest BCUT2D eigenvalue weighted by Crippen LogP contribution is -2.36. The maximum atomic E-state index is 6.27. The van der Waals surface area contributed by atoms with Crippen LogP contribution >= 0.6 is 11.6 Å². The molecule has 19 heavy (non-hydrogen) atoms. The monoisotopic (exact) mass is 281 g/mol. The number of aryl methyl sites for hydroxylation is 1. The Morgan fingerprint density at radius 2 is 2.00 bits per heavy atom. The van der Waals surface area contributed by atoms with Gasteiger partial charge in [0.15, 0.2) is 0 Å². The fourth-order valence-corrected chi connectivity index (χ4v) is 3.02. The lowest BCUT2D eigenvalue weighted by atomic mass is 10.1. The van der Waals surface area contributed by atoms with Crippen LogP contribution in [-0.2, 0) is 6.42 Å². The summed E-state index contributed by atoms with van der Waals surface area (Å²) in [5, 5.41) is 0.612. The van der Waals surface area contributed by atoms with Crippen molar-refractivity contribution in [2.45, 2.75) is 65.3 Å². The van der Waals surface area contributed by atoms with Gasteiger partial charge in [-0.15, -0.1) is 0 Å². The molecule has 0 bridgehead atoms. The quantitative estimate of drug-likeness (QED) is 0.779. The third-order valence-electron chi connectivity index (χ3n) is 4.04. The van der Waals surface area contributed by atoms with E-state index in [9.17, 15) is 0 Å². The number of hydrogen-bond donors (Lipinski definition) is 0. The molecule has 2 heterocycles. The first-order chi connectivity index (χ1) is 9.17. The van der Waals surface area contributed by atoms with Crippen LogP contribution in [0.2, 0.25) is 5.15 Å². The molecule has 1 atom stereocenters. The lowest BCUT2D eigenvalue weighted by Gasteiger charge is -2.31. The van der Waals surface area contributed by atoms with Crippen molar-refractivity contribution >= 4 is 17.4 Å². The first-order valence-electron chi connectivity index (χ1n) is 7.47. The molecule has 106 valence electrons. The van der Waals surface area contributed by atoms with E-state index in [1.165, 1.54) is 32.1 Å². The summed E-state index contributed by atoms with van der Waals surface area (Å²) in [7, 11) is 0. The van der Waals surface area contributed by atoms with Crippen molar-refractivity contribution in [2.75, 3.05) is 11.4 Å². The molecule has 1 aromatic heterocycles. The number of rotatable bonds is 3. The largest absolute Gasteiger partial charge is 0.353 e. The second-order valence-electron chi connectivity index (χ2n) is 5.34. The van der Waals surface area contributed by atoms with Crippen LogP contribution in [0.3, 0.4) is 0 Å². The van der Waals surface area contributed by atoms with Crippen molar-refractivity contribution in [3.63, 3.8) is 0 Å². The van der Waals surface area contributed by atoms with E-state index in [4.69, 9.17) is 16.6 Å². The summed E-state index contributed by atoms with van der Waals surface area (Å²) < 4.78 is 0. The van der Waals surface area contributed by atoms with Crippen LogP contribution in [0.4, 0.5) is 5.82 Å². The van der Waals surface area contributed by atoms with E-state index in [1.54, 1.807) is 0 Å². The zero-order chi connectivity index (χ0) is 13.8. The summed E-state index contributed by atoms with van der Waals surface area (Å²) in [5.41, 5.74) is 1.03. The highest BCUT2D eigenvalue weighted by molar-refractivity contribution is 6.30. The summed E-state index contributed by atoms with van der Waals surface area (Å²) in [5.74, 6) is 1.91. The number of aromatic nitrogens is 2. The number of anilines is 1. The summed E-state index contributed by atoms with van der Waals surface area (Å²) >= 11 is 6.27. The predicted octanol–water partition coefficient (Wildman–Crippen LogP) is 4.16. The molecule has 3 nitrogen and oxygen atoms in total. The van der Waals surface area contributed by atoms with E-state index in [0.29, 0.717) is 11.2 Å². The molecular weight excluding hydrogens is 258 g/mol. The third-order valence-corrected chi connectivity index (χ3v) is 4.41. The molecule has 1 saturated heterocycles. The molecule has 0 aliphatic carbocycles. The molecule has 0 aromatic carbocycles. The topological polar surface area (TPSA) is 29.0 Å². The normalized spacial score (nSPS) is 20.4. The van der Waals surface area contributed by atoms with Gasteiger partial charge in [0.1, 0.15) is 16.8 Å². The maximum absolute atomic E-state index is 6.27. The van der Waals surface area contributed by atoms with E-state index >= 15 is 0 Å². The van der Waals surface area contributed by atoms with Gasteiger partial charge in [-0.05, 0) is 26.2 Å². The van der Waals surface area contributed by atoms with Gasteiger partial charge in [-0.25, -0.2) is 9.97 Å². The fourth-order valence-electron chi connectivity index (χ4n) is 2.84. The van der Waals surface area contributed by atoms with Crippen LogP contribution in [0, 0.1) is 6.92 Å². The molecule has 1 aromatic rings. The molecule has 1 fully saturated rings. The summed E-state index contributed by atoms with van der Waals surface area (Å²) in [6.45, 7) is 7.47. The Labute approximate surface area is 121 Å². The van der Waals surface area contributed by atoms with Crippen molar-refractivity contribution in [1.29, 1.82) is 0 Å². The minimum absolute atomic E-state index is 0.594. The molecule has 0 saturated carbocycles. The molecule has 1 unspecified atom stereocenters. The van der Waals surface area contributed by atoms with E-state index in [2.05, 4.69) is 23.7 Å². The van der Waals surface area contributed by atoms with Crippen LogP contribution in [0.25, 0.3) is 0 Å². The highest BCUT2D eigenvalue weighted by Crippen LogP contribution is 2.29. The number of hydrogen-bond acceptors (Lipinski definition) is 3. The standard InChI is InChI=1S/C15H24ClN3/c1-4-12-9-7-6-8-10-19(12)15-11(3)14(16)17-13(5-2)18-15/h12H,4-10H2,1-3H3. The zero-order valence-electron chi connectivity index (χ0n) is 12.2. The van der Waals surface area contributed by atoms with E-state index in [-0.39, 0.29) is 0 Å². The minimum atomic E-state index is 0.594. The molecular formula is C15H24ClN3. The molecule has 0 N–H and O–H groups in total. The van der Waals surface area contributed by atoms with Gasteiger partial charge in [-0.3, -0.25) is 0 Å². The summed E-state index contributed by atoms with van der Waals surface area (Å²) in [6.07, 6.45) is 7.16. The average Bonchev–Trinajstić information content (AvgIpc) is 2.66. The van der Waals surface area contributed by atoms with Gasteiger partial charge in [0.2, 0.25) is 0 Å². The SMILES string of the molecule is CCc1nc(Cl)c(C)c(N2CCCCCC2CC)n1. The molecule has 0 amide bonds. The average molecular weight is 282 g/mol. The summed E-state index contributed by atoms with van der Waals surface area (Å²) in [6, 6.07) is 0.594. The minimum Gasteiger partial charge on any atom is -0.353 e. The molecule has 0 radical (unpaired) electrons. The van der Waals surface area contributed by atoms with Crippen LogP contribution in [0.15, 0.2) is 0 Å². The fraction of sp³-hybridized carbons (Fsp3) is 0.733. The highest BCUT2D eigenvalue weighted by atomic mass is 35.5. The van der Waals surface area contributed by atoms with Crippen molar-refractivity contribution in [2.24, 2.45) is 0 Å². The van der Waals surface area contributed by atoms with Crippen LogP contribution in [-0.4, -0.2) is 22.6 Å². The third kappa shape index (κ3) is 3.19. The maximum Gasteiger partial charge on any atom is 0.137 e. The Hall–Kier alpha value is -0.830. The number of halogens is 1. The Morgan fingerprint density at radius 1 is 1.21 bits per heavy atom. The van der Waals surface area contributed by atoms with Crippen molar-refractivity contribution in [3.05, 3.63) is 16.5 Å². The molecule has 1 aliphatic rings. The van der Waals surface area contributed by atoms with Crippen LogP contribution in [0.1, 0.15) is 57.3 Å². The Kier molecular flexibility index (Phi) is 5.03. The van der Waals surface area contributed by atoms with E-state index in [1.807, 2.05) is 6.92 Å². The van der Waals surface area contributed by atoms with Gasteiger partial charge in [0, 0.05) is 24.6 Å². The molecule has 0 spiro atoms. The summed E-state index contributed by atoms with van der Waals surface area (Å²) in [4.78, 5) is 11.6. The van der Waals surface area contributed by atoms with Gasteiger partial charge in [0.25, 0.3) is 0 Å². The van der Waals surface area contributed by atoms with Gasteiger partial charge in [-0.1, -0.05) is 38.3 Å². The molecule has 4 heteroatoms. The van der Waals surface area contributed by atoms with Crippen LogP contribution < -0.4 is 4.90 Å². The van der Waals surface area contributed by atoms with Gasteiger partial charge >= 0.3 is 0 Å². The zero-order valence-corrected chi connectivity index (χ0v) is 13.0. The van der Waals surface area contributed by atoms with Crippen molar-refractivity contribution < 1.29 is 0 Å². The van der Waals surface area contributed by atoms with Gasteiger partial charge in [-0.2, -0.15) is 0 Å². The smallest absolute Gasteiger partial charge is 0.137 e. The second-order valence-corrected chi connectivity index (χ2v) is 5.70. The van der Waals surface area contributed by atoms with Crippen molar-refractivity contribution in [3.8, 4) is 0 Å². The Bertz CT molecular complexity index is 434. The molecule has 2 rings (SSSR count). The molecule has 1 aliphatic heterocycles. The van der Waals surface area contributed by atoms with E-state index in [0.717, 1.165) is 30.2 Å². The van der Waals surface area contributed by atoms with Gasteiger partial charge in [0.05, 0.1) is 0 Å². The Morgan fingerprint density at radius 3 is 2.68 bits per heavy atom. The van der Waals surface area contributed by atoms with E-state index < -0.39 is 0 Å². The van der Waals surface area contributed by atoms with Crippen molar-refractivity contribution in [1.82, 2.24) is 9.97 Å². The number of nitrogens with zero attached hydrogens (tertiary/aromatic N) is 3. The van der Waals surface area contributed by atoms with Gasteiger partial charge < -0.3 is 4.90 Å². The lowest BCUT2D eigenvalue weighted by molar-refractivity contribution is 0.550. The first kappa shape index (κ1) is 14.6. The first-order valence-corrected chi connectivity index (χ1v) is 7.84.